The van der Waals surface area contributed by atoms with Gasteiger partial charge in [-0.05, 0) is 73.9 Å². The monoisotopic (exact) mass is 530 g/mol. The molecule has 194 valence electrons. The van der Waals surface area contributed by atoms with Crippen molar-refractivity contribution in [3.05, 3.63) is 48.5 Å². The Hall–Kier alpha value is -2.42. The molecule has 2 aromatic carbocycles. The second-order valence-corrected chi connectivity index (χ2v) is 11.7. The Bertz CT molecular complexity index is 1310. The van der Waals surface area contributed by atoms with E-state index < -0.39 is 15.6 Å². The fourth-order valence-electron chi connectivity index (χ4n) is 6.68. The number of hydrogen-bond donors (Lipinski definition) is 2. The van der Waals surface area contributed by atoms with Crippen LogP contribution in [0.3, 0.4) is 0 Å². The molecule has 5 rings (SSSR count). The van der Waals surface area contributed by atoms with E-state index in [2.05, 4.69) is 4.57 Å². The molecule has 2 aliphatic rings. The second kappa shape index (κ2) is 10.5. The summed E-state index contributed by atoms with van der Waals surface area (Å²) in [5.41, 5.74) is 8.02. The van der Waals surface area contributed by atoms with E-state index in [4.69, 9.17) is 15.9 Å². The van der Waals surface area contributed by atoms with E-state index in [-0.39, 0.29) is 36.5 Å². The van der Waals surface area contributed by atoms with Crippen LogP contribution in [0.5, 0.6) is 0 Å². The standard InChI is InChI=1S/C27H34N4O3S.ClH/c28-26(32)27(20-9-3-1-4-10-20,21-11-5-2-6-12-21)31-24-14-8-7-13-23(24)30-25(31)19-15-17-22(18-16-19)35(29,33)34;/h7-8,13-18,20-21H,1-6,9-12H2,(H2,28,32)(H2,29,33,34);1H. The highest BCUT2D eigenvalue weighted by Crippen LogP contribution is 2.50. The average Bonchev–Trinajstić information content (AvgIpc) is 3.25. The number of halogens is 1. The summed E-state index contributed by atoms with van der Waals surface area (Å²) in [6.45, 7) is 0. The first-order valence-electron chi connectivity index (χ1n) is 12.7. The van der Waals surface area contributed by atoms with Gasteiger partial charge >= 0.3 is 1.43 Å². The van der Waals surface area contributed by atoms with Gasteiger partial charge in [-0.25, -0.2) is 18.5 Å². The van der Waals surface area contributed by atoms with Crippen molar-refractivity contribution in [3.63, 3.8) is 0 Å². The maximum Gasteiger partial charge on any atom is 1.00 e. The van der Waals surface area contributed by atoms with Crippen molar-refractivity contribution in [1.82, 2.24) is 9.55 Å². The summed E-state index contributed by atoms with van der Waals surface area (Å²) in [6, 6.07) is 14.4. The van der Waals surface area contributed by atoms with E-state index in [0.717, 1.165) is 68.0 Å². The lowest BCUT2D eigenvalue weighted by molar-refractivity contribution is -0.135. The number of benzene rings is 2. The third kappa shape index (κ3) is 4.55. The number of nitrogens with zero attached hydrogens (tertiary/aromatic N) is 2. The number of nitrogens with two attached hydrogens (primary N) is 2. The van der Waals surface area contributed by atoms with E-state index in [0.29, 0.717) is 5.82 Å². The third-order valence-electron chi connectivity index (χ3n) is 8.22. The summed E-state index contributed by atoms with van der Waals surface area (Å²) in [5, 5.41) is 5.33. The van der Waals surface area contributed by atoms with Crippen LogP contribution in [-0.2, 0) is 20.4 Å². The average molecular weight is 531 g/mol. The van der Waals surface area contributed by atoms with E-state index in [1.165, 1.54) is 25.0 Å². The molecular weight excluding hydrogens is 496 g/mol. The van der Waals surface area contributed by atoms with E-state index in [1.807, 2.05) is 24.3 Å². The van der Waals surface area contributed by atoms with Crippen LogP contribution in [0.2, 0.25) is 0 Å². The SMILES string of the molecule is NC(=O)C(C1CCCCC1)(C1CCCCC1)n1c(-c2ccc(S(N)(=O)=O)cc2)nc2ccccc21.[Cl-].[H+]. The zero-order chi connectivity index (χ0) is 24.6. The molecule has 1 heterocycles. The minimum absolute atomic E-state index is 0. The lowest BCUT2D eigenvalue weighted by atomic mass is 9.63. The van der Waals surface area contributed by atoms with Crippen LogP contribution in [0.4, 0.5) is 0 Å². The zero-order valence-electron chi connectivity index (χ0n) is 21.4. The van der Waals surface area contributed by atoms with Crippen molar-refractivity contribution >= 4 is 27.0 Å². The topological polar surface area (TPSA) is 121 Å². The number of aromatic nitrogens is 2. The molecule has 0 radical (unpaired) electrons. The van der Waals surface area contributed by atoms with Crippen LogP contribution in [0.15, 0.2) is 53.4 Å². The van der Waals surface area contributed by atoms with E-state index in [1.54, 1.807) is 12.1 Å². The van der Waals surface area contributed by atoms with Crippen LogP contribution < -0.4 is 23.3 Å². The summed E-state index contributed by atoms with van der Waals surface area (Å²) >= 11 is 0. The van der Waals surface area contributed by atoms with Gasteiger partial charge in [0.1, 0.15) is 11.4 Å². The Morgan fingerprint density at radius 1 is 0.889 bits per heavy atom. The largest absolute Gasteiger partial charge is 1.00 e. The van der Waals surface area contributed by atoms with Gasteiger partial charge < -0.3 is 22.7 Å². The predicted molar refractivity (Wildman–Crippen MR) is 138 cm³/mol. The molecule has 1 aromatic heterocycles. The van der Waals surface area contributed by atoms with E-state index in [9.17, 15) is 13.2 Å². The first-order valence-corrected chi connectivity index (χ1v) is 14.3. The molecule has 2 saturated carbocycles. The summed E-state index contributed by atoms with van der Waals surface area (Å²) < 4.78 is 25.8. The van der Waals surface area contributed by atoms with Gasteiger partial charge in [-0.3, -0.25) is 4.79 Å². The van der Waals surface area contributed by atoms with Crippen molar-refractivity contribution in [2.24, 2.45) is 22.7 Å². The van der Waals surface area contributed by atoms with Gasteiger partial charge in [-0.2, -0.15) is 0 Å². The number of primary amides is 1. The molecule has 9 heteroatoms. The number of para-hydroxylation sites is 2. The molecule has 3 aromatic rings. The number of amides is 1. The van der Waals surface area contributed by atoms with Crippen molar-refractivity contribution in [3.8, 4) is 11.4 Å². The molecule has 0 unspecified atom stereocenters. The van der Waals surface area contributed by atoms with Gasteiger partial charge in [-0.15, -0.1) is 0 Å². The van der Waals surface area contributed by atoms with Gasteiger partial charge in [0.15, 0.2) is 0 Å². The van der Waals surface area contributed by atoms with Gasteiger partial charge in [-0.1, -0.05) is 50.7 Å². The van der Waals surface area contributed by atoms with Crippen LogP contribution in [-0.4, -0.2) is 23.9 Å². The minimum atomic E-state index is -3.81. The highest BCUT2D eigenvalue weighted by atomic mass is 35.5. The van der Waals surface area contributed by atoms with Crippen LogP contribution in [0, 0.1) is 11.8 Å². The lowest BCUT2D eigenvalue weighted by Gasteiger charge is -2.48. The molecule has 4 N–H and O–H groups in total. The number of rotatable bonds is 6. The molecule has 0 saturated heterocycles. The second-order valence-electron chi connectivity index (χ2n) is 10.2. The molecule has 0 atom stereocenters. The fraction of sp³-hybridized carbons (Fsp3) is 0.481. The number of sulfonamides is 1. The fourth-order valence-corrected chi connectivity index (χ4v) is 7.20. The summed E-state index contributed by atoms with van der Waals surface area (Å²) in [5.74, 6) is 0.651. The van der Waals surface area contributed by atoms with Gasteiger partial charge in [0.25, 0.3) is 0 Å². The molecular formula is C27H35ClN4O3S. The van der Waals surface area contributed by atoms with Crippen LogP contribution in [0.25, 0.3) is 22.4 Å². The Labute approximate surface area is 220 Å². The maximum absolute atomic E-state index is 13.8. The molecule has 1 amide bonds. The van der Waals surface area contributed by atoms with Gasteiger partial charge in [0.05, 0.1) is 15.9 Å². The third-order valence-corrected chi connectivity index (χ3v) is 9.15. The highest BCUT2D eigenvalue weighted by molar-refractivity contribution is 7.89. The highest BCUT2D eigenvalue weighted by Gasteiger charge is 2.53. The number of hydrogen-bond acceptors (Lipinski definition) is 4. The Morgan fingerprint density at radius 3 is 1.92 bits per heavy atom. The molecule has 36 heavy (non-hydrogen) atoms. The van der Waals surface area contributed by atoms with E-state index >= 15 is 0 Å². The zero-order valence-corrected chi connectivity index (χ0v) is 22.0. The Balaban J connectivity index is 0.00000190. The summed E-state index contributed by atoms with van der Waals surface area (Å²) in [4.78, 5) is 18.8. The maximum atomic E-state index is 13.8. The number of carbonyl (C=O) groups excluding carboxylic acids is 1. The van der Waals surface area contributed by atoms with Crippen molar-refractivity contribution in [1.29, 1.82) is 0 Å². The summed E-state index contributed by atoms with van der Waals surface area (Å²) in [7, 11) is -3.81. The minimum Gasteiger partial charge on any atom is -1.00 e. The number of carbonyl (C=O) groups is 1. The molecule has 7 nitrogen and oxygen atoms in total. The first-order chi connectivity index (χ1) is 16.8. The molecule has 0 aliphatic heterocycles. The van der Waals surface area contributed by atoms with Gasteiger partial charge in [0.2, 0.25) is 15.9 Å². The number of fused-ring (bicyclic) bond motifs is 1. The Kier molecular flexibility index (Phi) is 7.78. The van der Waals surface area contributed by atoms with Crippen molar-refractivity contribution in [2.75, 3.05) is 0 Å². The van der Waals surface area contributed by atoms with Crippen LogP contribution >= 0.6 is 0 Å². The predicted octanol–water partition coefficient (Wildman–Crippen LogP) is 1.81. The molecule has 2 aliphatic carbocycles. The smallest absolute Gasteiger partial charge is 1.00 e. The first kappa shape index (κ1) is 26.6. The van der Waals surface area contributed by atoms with Gasteiger partial charge in [0, 0.05) is 5.56 Å². The van der Waals surface area contributed by atoms with Crippen molar-refractivity contribution < 1.29 is 27.0 Å². The number of primary sulfonamides is 1. The summed E-state index contributed by atoms with van der Waals surface area (Å²) in [6.07, 6.45) is 10.6. The lowest BCUT2D eigenvalue weighted by Crippen LogP contribution is -3.00. The molecule has 2 fully saturated rings. The molecule has 0 spiro atoms. The normalized spacial score (nSPS) is 18.1. The van der Waals surface area contributed by atoms with Crippen LogP contribution in [0.1, 0.15) is 65.6 Å². The van der Waals surface area contributed by atoms with Crippen molar-refractivity contribution in [2.45, 2.75) is 74.6 Å². The quantitative estimate of drug-likeness (QED) is 0.504. The molecule has 0 bridgehead atoms. The number of imidazole rings is 1. The Morgan fingerprint density at radius 2 is 1.42 bits per heavy atom.